The summed E-state index contributed by atoms with van der Waals surface area (Å²) in [5, 5.41) is 2.78. The molecule has 0 aliphatic carbocycles. The molecule has 0 aromatic heterocycles. The van der Waals surface area contributed by atoms with Crippen molar-refractivity contribution in [3.63, 3.8) is 0 Å². The Labute approximate surface area is 135 Å². The van der Waals surface area contributed by atoms with E-state index in [0.29, 0.717) is 17.9 Å². The third-order valence-electron chi connectivity index (χ3n) is 3.21. The molecule has 2 amide bonds. The van der Waals surface area contributed by atoms with Gasteiger partial charge in [0.05, 0.1) is 0 Å². The quantitative estimate of drug-likeness (QED) is 0.888. The van der Waals surface area contributed by atoms with Gasteiger partial charge in [-0.1, -0.05) is 30.3 Å². The molecule has 2 rings (SSSR count). The molecule has 0 saturated heterocycles. The largest absolute Gasteiger partial charge is 0.484 e. The number of nitrogens with zero attached hydrogens (tertiary/aromatic N) is 1. The first kappa shape index (κ1) is 16.5. The van der Waals surface area contributed by atoms with Crippen LogP contribution in [-0.2, 0) is 11.3 Å². The Hall–Kier alpha value is -2.82. The highest BCUT2D eigenvalue weighted by atomic mass is 16.5. The fourth-order valence-corrected chi connectivity index (χ4v) is 1.94. The molecule has 0 atom stereocenters. The Morgan fingerprint density at radius 2 is 1.65 bits per heavy atom. The van der Waals surface area contributed by atoms with Gasteiger partial charge >= 0.3 is 0 Å². The highest BCUT2D eigenvalue weighted by Crippen LogP contribution is 2.08. The number of nitrogens with one attached hydrogen (secondary N) is 1. The first-order chi connectivity index (χ1) is 11.1. The Morgan fingerprint density at radius 3 is 2.26 bits per heavy atom. The highest BCUT2D eigenvalue weighted by molar-refractivity contribution is 5.93. The van der Waals surface area contributed by atoms with Crippen LogP contribution in [0.1, 0.15) is 15.9 Å². The van der Waals surface area contributed by atoms with E-state index in [0.717, 1.165) is 5.56 Å². The lowest BCUT2D eigenvalue weighted by Gasteiger charge is -2.11. The molecular weight excluding hydrogens is 292 g/mol. The molecule has 0 saturated carbocycles. The van der Waals surface area contributed by atoms with Crippen LogP contribution in [0, 0.1) is 0 Å². The van der Waals surface area contributed by atoms with Gasteiger partial charge in [-0.3, -0.25) is 9.59 Å². The van der Waals surface area contributed by atoms with Crippen molar-refractivity contribution in [1.82, 2.24) is 10.2 Å². The van der Waals surface area contributed by atoms with Gasteiger partial charge < -0.3 is 15.0 Å². The number of hydrogen-bond acceptors (Lipinski definition) is 3. The van der Waals surface area contributed by atoms with Crippen molar-refractivity contribution >= 4 is 11.8 Å². The number of rotatable bonds is 6. The molecule has 0 unspecified atom stereocenters. The lowest BCUT2D eigenvalue weighted by Crippen LogP contribution is -2.28. The van der Waals surface area contributed by atoms with Crippen molar-refractivity contribution in [2.24, 2.45) is 0 Å². The average Bonchev–Trinajstić information content (AvgIpc) is 2.58. The first-order valence-electron chi connectivity index (χ1n) is 7.31. The topological polar surface area (TPSA) is 58.6 Å². The second kappa shape index (κ2) is 7.98. The summed E-state index contributed by atoms with van der Waals surface area (Å²) in [5.41, 5.74) is 1.55. The van der Waals surface area contributed by atoms with E-state index >= 15 is 0 Å². The summed E-state index contributed by atoms with van der Waals surface area (Å²) in [6, 6.07) is 16.4. The molecule has 1 N–H and O–H groups in total. The molecule has 0 aliphatic rings. The Bertz CT molecular complexity index is 652. The van der Waals surface area contributed by atoms with Crippen molar-refractivity contribution in [2.75, 3.05) is 20.7 Å². The van der Waals surface area contributed by atoms with Crippen LogP contribution in [-0.4, -0.2) is 37.4 Å². The number of carbonyl (C=O) groups is 2. The van der Waals surface area contributed by atoms with E-state index in [-0.39, 0.29) is 18.4 Å². The smallest absolute Gasteiger partial charge is 0.258 e. The third kappa shape index (κ3) is 5.14. The summed E-state index contributed by atoms with van der Waals surface area (Å²) in [6.07, 6.45) is 0. The zero-order valence-electron chi connectivity index (χ0n) is 13.3. The number of amides is 2. The molecule has 2 aromatic carbocycles. The normalized spacial score (nSPS) is 10.0. The van der Waals surface area contributed by atoms with E-state index in [1.54, 1.807) is 38.4 Å². The maximum atomic E-state index is 11.8. The van der Waals surface area contributed by atoms with Crippen LogP contribution in [0.15, 0.2) is 54.6 Å². The van der Waals surface area contributed by atoms with Crippen LogP contribution >= 0.6 is 0 Å². The Morgan fingerprint density at radius 1 is 1.00 bits per heavy atom. The molecule has 0 heterocycles. The summed E-state index contributed by atoms with van der Waals surface area (Å²) in [6.45, 7) is 0.370. The van der Waals surface area contributed by atoms with E-state index in [1.165, 1.54) is 4.90 Å². The second-order valence-corrected chi connectivity index (χ2v) is 5.27. The van der Waals surface area contributed by atoms with Gasteiger partial charge in [0.2, 0.25) is 0 Å². The van der Waals surface area contributed by atoms with Crippen molar-refractivity contribution in [1.29, 1.82) is 0 Å². The summed E-state index contributed by atoms with van der Waals surface area (Å²) < 4.78 is 5.37. The van der Waals surface area contributed by atoms with E-state index in [9.17, 15) is 9.59 Å². The molecule has 2 aromatic rings. The van der Waals surface area contributed by atoms with Gasteiger partial charge in [0, 0.05) is 26.2 Å². The Balaban J connectivity index is 1.79. The van der Waals surface area contributed by atoms with Crippen LogP contribution in [0.5, 0.6) is 5.75 Å². The lowest BCUT2D eigenvalue weighted by atomic mass is 10.1. The molecule has 0 spiro atoms. The number of ether oxygens (including phenoxy) is 1. The van der Waals surface area contributed by atoms with E-state index < -0.39 is 0 Å². The molecule has 0 bridgehead atoms. The highest BCUT2D eigenvalue weighted by Gasteiger charge is 2.07. The van der Waals surface area contributed by atoms with Gasteiger partial charge in [-0.15, -0.1) is 0 Å². The van der Waals surface area contributed by atoms with E-state index in [4.69, 9.17) is 4.74 Å². The minimum absolute atomic E-state index is 0.0266. The fourth-order valence-electron chi connectivity index (χ4n) is 1.94. The zero-order chi connectivity index (χ0) is 16.7. The number of para-hydroxylation sites is 1. The minimum atomic E-state index is -0.192. The van der Waals surface area contributed by atoms with Gasteiger partial charge in [-0.25, -0.2) is 0 Å². The van der Waals surface area contributed by atoms with E-state index in [2.05, 4.69) is 5.32 Å². The van der Waals surface area contributed by atoms with Crippen LogP contribution in [0.3, 0.4) is 0 Å². The first-order valence-corrected chi connectivity index (χ1v) is 7.31. The van der Waals surface area contributed by atoms with Crippen LogP contribution in [0.25, 0.3) is 0 Å². The molecule has 5 heteroatoms. The molecule has 120 valence electrons. The molecule has 0 aliphatic heterocycles. The van der Waals surface area contributed by atoms with Crippen molar-refractivity contribution in [3.05, 3.63) is 65.7 Å². The number of benzene rings is 2. The van der Waals surface area contributed by atoms with Crippen LogP contribution in [0.2, 0.25) is 0 Å². The second-order valence-electron chi connectivity index (χ2n) is 5.27. The summed E-state index contributed by atoms with van der Waals surface area (Å²) >= 11 is 0. The van der Waals surface area contributed by atoms with Crippen LogP contribution < -0.4 is 10.1 Å². The van der Waals surface area contributed by atoms with Gasteiger partial charge in [-0.05, 0) is 29.8 Å². The predicted octanol–water partition coefficient (Wildman–Crippen LogP) is 2.08. The monoisotopic (exact) mass is 312 g/mol. The lowest BCUT2D eigenvalue weighted by molar-refractivity contribution is -0.123. The zero-order valence-corrected chi connectivity index (χ0v) is 13.3. The van der Waals surface area contributed by atoms with Crippen molar-refractivity contribution in [3.8, 4) is 5.75 Å². The predicted molar refractivity (Wildman–Crippen MR) is 88.2 cm³/mol. The number of carbonyl (C=O) groups excluding carboxylic acids is 2. The SMILES string of the molecule is CN(C)C(=O)c1ccc(CNC(=O)COc2ccccc2)cc1. The van der Waals surface area contributed by atoms with Gasteiger partial charge in [0.25, 0.3) is 11.8 Å². The third-order valence-corrected chi connectivity index (χ3v) is 3.21. The average molecular weight is 312 g/mol. The molecule has 23 heavy (non-hydrogen) atoms. The van der Waals surface area contributed by atoms with Gasteiger partial charge in [0.1, 0.15) is 5.75 Å². The molecule has 5 nitrogen and oxygen atoms in total. The Kier molecular flexibility index (Phi) is 5.74. The standard InChI is InChI=1S/C18H20N2O3/c1-20(2)18(22)15-10-8-14(9-11-15)12-19-17(21)13-23-16-6-4-3-5-7-16/h3-11H,12-13H2,1-2H3,(H,19,21). The molecule has 0 radical (unpaired) electrons. The van der Waals surface area contributed by atoms with Crippen LogP contribution in [0.4, 0.5) is 0 Å². The van der Waals surface area contributed by atoms with Crippen molar-refractivity contribution < 1.29 is 14.3 Å². The summed E-state index contributed by atoms with van der Waals surface area (Å²) in [7, 11) is 3.42. The summed E-state index contributed by atoms with van der Waals surface area (Å²) in [4.78, 5) is 25.1. The maximum Gasteiger partial charge on any atom is 0.258 e. The molecular formula is C18H20N2O3. The van der Waals surface area contributed by atoms with E-state index in [1.807, 2.05) is 30.3 Å². The molecule has 0 fully saturated rings. The van der Waals surface area contributed by atoms with Gasteiger partial charge in [0.15, 0.2) is 6.61 Å². The summed E-state index contributed by atoms with van der Waals surface area (Å²) in [5.74, 6) is 0.424. The fraction of sp³-hybridized carbons (Fsp3) is 0.222. The van der Waals surface area contributed by atoms with Crippen molar-refractivity contribution in [2.45, 2.75) is 6.54 Å². The number of hydrogen-bond donors (Lipinski definition) is 1. The van der Waals surface area contributed by atoms with Gasteiger partial charge in [-0.2, -0.15) is 0 Å². The minimum Gasteiger partial charge on any atom is -0.484 e. The maximum absolute atomic E-state index is 11.8.